The number of fused-ring (bicyclic) bond motifs is 1. The second-order valence-corrected chi connectivity index (χ2v) is 6.95. The van der Waals surface area contributed by atoms with Gasteiger partial charge in [0.2, 0.25) is 0 Å². The van der Waals surface area contributed by atoms with Gasteiger partial charge in [-0.05, 0) is 42.8 Å². The van der Waals surface area contributed by atoms with E-state index < -0.39 is 24.4 Å². The molecule has 0 saturated heterocycles. The summed E-state index contributed by atoms with van der Waals surface area (Å²) in [5, 5.41) is 3.03. The van der Waals surface area contributed by atoms with Gasteiger partial charge in [0.1, 0.15) is 0 Å². The first-order valence-corrected chi connectivity index (χ1v) is 9.51. The fourth-order valence-corrected chi connectivity index (χ4v) is 3.11. The Morgan fingerprint density at radius 2 is 1.83 bits per heavy atom. The maximum atomic E-state index is 12.5. The third kappa shape index (κ3) is 4.63. The molecule has 0 bridgehead atoms. The zero-order valence-electron chi connectivity index (χ0n) is 15.7. The Balaban J connectivity index is 1.63. The van der Waals surface area contributed by atoms with Crippen LogP contribution in [0.2, 0.25) is 5.02 Å². The molecule has 1 heterocycles. The van der Waals surface area contributed by atoms with Crippen molar-refractivity contribution in [2.45, 2.75) is 19.8 Å². The van der Waals surface area contributed by atoms with Crippen molar-refractivity contribution < 1.29 is 23.9 Å². The lowest BCUT2D eigenvalue weighted by Gasteiger charge is -2.12. The smallest absolute Gasteiger partial charge is 0.338 e. The number of hydrogen-bond donors (Lipinski definition) is 1. The van der Waals surface area contributed by atoms with Crippen molar-refractivity contribution >= 4 is 41.0 Å². The number of carbonyl (C=O) groups excluding carboxylic acids is 4. The highest BCUT2D eigenvalue weighted by Gasteiger charge is 2.35. The van der Waals surface area contributed by atoms with E-state index in [2.05, 4.69) is 5.32 Å². The number of esters is 1. The molecule has 2 aromatic rings. The van der Waals surface area contributed by atoms with Crippen LogP contribution in [0.4, 0.5) is 5.69 Å². The van der Waals surface area contributed by atoms with Gasteiger partial charge in [-0.2, -0.15) is 0 Å². The fourth-order valence-electron chi connectivity index (χ4n) is 2.91. The lowest BCUT2D eigenvalue weighted by Crippen LogP contribution is -2.30. The minimum absolute atomic E-state index is 0.0952. The van der Waals surface area contributed by atoms with Crippen LogP contribution in [0.1, 0.15) is 50.8 Å². The summed E-state index contributed by atoms with van der Waals surface area (Å²) in [6.45, 7) is 1.80. The number of rotatable bonds is 7. The highest BCUT2D eigenvalue weighted by Crippen LogP contribution is 2.24. The zero-order valence-corrected chi connectivity index (χ0v) is 16.5. The summed E-state index contributed by atoms with van der Waals surface area (Å²) in [7, 11) is 0. The number of imide groups is 1. The van der Waals surface area contributed by atoms with E-state index in [0.717, 1.165) is 6.42 Å². The number of amides is 3. The van der Waals surface area contributed by atoms with Gasteiger partial charge in [0.15, 0.2) is 6.61 Å². The number of halogens is 1. The molecule has 0 atom stereocenters. The lowest BCUT2D eigenvalue weighted by molar-refractivity contribution is -0.119. The molecule has 1 aliphatic heterocycles. The van der Waals surface area contributed by atoms with Gasteiger partial charge in [-0.1, -0.05) is 31.0 Å². The topological polar surface area (TPSA) is 92.8 Å². The molecule has 29 heavy (non-hydrogen) atoms. The molecule has 3 rings (SSSR count). The molecular formula is C21H19ClN2O5. The Labute approximate surface area is 172 Å². The number of hydrogen-bond acceptors (Lipinski definition) is 5. The van der Waals surface area contributed by atoms with Crippen LogP contribution in [0.5, 0.6) is 0 Å². The number of anilines is 1. The first-order valence-electron chi connectivity index (χ1n) is 9.13. The van der Waals surface area contributed by atoms with E-state index in [0.29, 0.717) is 23.7 Å². The Bertz CT molecular complexity index is 989. The Hall–Kier alpha value is -3.19. The van der Waals surface area contributed by atoms with E-state index >= 15 is 0 Å². The summed E-state index contributed by atoms with van der Waals surface area (Å²) < 4.78 is 5.01. The summed E-state index contributed by atoms with van der Waals surface area (Å²) in [5.41, 5.74) is 1.01. The minimum Gasteiger partial charge on any atom is -0.452 e. The average Bonchev–Trinajstić information content (AvgIpc) is 2.94. The summed E-state index contributed by atoms with van der Waals surface area (Å²) in [5.74, 6) is -2.08. The lowest BCUT2D eigenvalue weighted by atomic mass is 10.1. The van der Waals surface area contributed by atoms with Crippen molar-refractivity contribution in [2.24, 2.45) is 0 Å². The van der Waals surface area contributed by atoms with Crippen LogP contribution in [-0.2, 0) is 9.53 Å². The van der Waals surface area contributed by atoms with Gasteiger partial charge < -0.3 is 10.1 Å². The van der Waals surface area contributed by atoms with Crippen LogP contribution < -0.4 is 5.32 Å². The summed E-state index contributed by atoms with van der Waals surface area (Å²) in [6.07, 6.45) is 1.56. The zero-order chi connectivity index (χ0) is 21.0. The monoisotopic (exact) mass is 414 g/mol. The van der Waals surface area contributed by atoms with Gasteiger partial charge in [-0.3, -0.25) is 19.3 Å². The van der Waals surface area contributed by atoms with Crippen LogP contribution >= 0.6 is 11.6 Å². The first kappa shape index (κ1) is 20.5. The second kappa shape index (κ2) is 8.87. The quantitative estimate of drug-likeness (QED) is 0.552. The molecule has 0 aromatic heterocycles. The van der Waals surface area contributed by atoms with Crippen LogP contribution in [-0.4, -0.2) is 41.7 Å². The fraction of sp³-hybridized carbons (Fsp3) is 0.238. The largest absolute Gasteiger partial charge is 0.452 e. The molecule has 150 valence electrons. The Morgan fingerprint density at radius 3 is 2.55 bits per heavy atom. The number of unbranched alkanes of at least 4 members (excludes halogenated alkanes) is 1. The maximum absolute atomic E-state index is 12.5. The average molecular weight is 415 g/mol. The van der Waals surface area contributed by atoms with E-state index in [1.54, 1.807) is 24.3 Å². The summed E-state index contributed by atoms with van der Waals surface area (Å²) in [4.78, 5) is 50.2. The normalized spacial score (nSPS) is 12.7. The first-order chi connectivity index (χ1) is 13.9. The van der Waals surface area contributed by atoms with E-state index in [-0.39, 0.29) is 22.6 Å². The van der Waals surface area contributed by atoms with Crippen molar-refractivity contribution in [3.8, 4) is 0 Å². The van der Waals surface area contributed by atoms with Crippen LogP contribution in [0.3, 0.4) is 0 Å². The SMILES string of the molecule is CCCCN1C(=O)c2ccc(C(=O)OCC(=O)Nc3cccc(Cl)c3)cc2C1=O. The molecule has 0 unspecified atom stereocenters. The standard InChI is InChI=1S/C21H19ClN2O5/c1-2-3-9-24-19(26)16-8-7-13(10-17(16)20(24)27)21(28)29-12-18(25)23-15-6-4-5-14(22)11-15/h4-8,10-11H,2-3,9,12H2,1H3,(H,23,25). The van der Waals surface area contributed by atoms with Gasteiger partial charge in [0.05, 0.1) is 16.7 Å². The Morgan fingerprint density at radius 1 is 1.07 bits per heavy atom. The van der Waals surface area contributed by atoms with Crippen LogP contribution in [0.15, 0.2) is 42.5 Å². The van der Waals surface area contributed by atoms with E-state index in [9.17, 15) is 19.2 Å². The van der Waals surface area contributed by atoms with Gasteiger partial charge in [-0.25, -0.2) is 4.79 Å². The van der Waals surface area contributed by atoms with Crippen LogP contribution in [0, 0.1) is 0 Å². The van der Waals surface area contributed by atoms with Gasteiger partial charge in [0.25, 0.3) is 17.7 Å². The Kier molecular flexibility index (Phi) is 6.29. The molecule has 7 nitrogen and oxygen atoms in total. The molecule has 0 radical (unpaired) electrons. The molecule has 3 amide bonds. The van der Waals surface area contributed by atoms with Crippen LogP contribution in [0.25, 0.3) is 0 Å². The third-order valence-corrected chi connectivity index (χ3v) is 4.62. The van der Waals surface area contributed by atoms with Crippen molar-refractivity contribution in [3.63, 3.8) is 0 Å². The number of ether oxygens (including phenoxy) is 1. The van der Waals surface area contributed by atoms with E-state index in [4.69, 9.17) is 16.3 Å². The number of nitrogens with zero attached hydrogens (tertiary/aromatic N) is 1. The highest BCUT2D eigenvalue weighted by molar-refractivity contribution is 6.30. The minimum atomic E-state index is -0.763. The molecule has 0 fully saturated rings. The number of benzene rings is 2. The summed E-state index contributed by atoms with van der Waals surface area (Å²) >= 11 is 5.85. The molecule has 0 saturated carbocycles. The molecule has 8 heteroatoms. The number of nitrogens with one attached hydrogen (secondary N) is 1. The summed E-state index contributed by atoms with van der Waals surface area (Å²) in [6, 6.07) is 10.7. The predicted molar refractivity (Wildman–Crippen MR) is 107 cm³/mol. The van der Waals surface area contributed by atoms with E-state index in [1.165, 1.54) is 23.1 Å². The molecular weight excluding hydrogens is 396 g/mol. The molecule has 2 aromatic carbocycles. The van der Waals surface area contributed by atoms with Gasteiger partial charge >= 0.3 is 5.97 Å². The van der Waals surface area contributed by atoms with Crippen molar-refractivity contribution in [1.82, 2.24) is 4.90 Å². The number of carbonyl (C=O) groups is 4. The highest BCUT2D eigenvalue weighted by atomic mass is 35.5. The van der Waals surface area contributed by atoms with Crippen molar-refractivity contribution in [2.75, 3.05) is 18.5 Å². The van der Waals surface area contributed by atoms with Gasteiger partial charge in [-0.15, -0.1) is 0 Å². The van der Waals surface area contributed by atoms with Gasteiger partial charge in [0, 0.05) is 17.3 Å². The second-order valence-electron chi connectivity index (χ2n) is 6.51. The molecule has 0 spiro atoms. The molecule has 0 aliphatic carbocycles. The van der Waals surface area contributed by atoms with E-state index in [1.807, 2.05) is 6.92 Å². The molecule has 1 N–H and O–H groups in total. The predicted octanol–water partition coefficient (Wildman–Crippen LogP) is 3.53. The maximum Gasteiger partial charge on any atom is 0.338 e. The van der Waals surface area contributed by atoms with Crippen molar-refractivity contribution in [1.29, 1.82) is 0 Å². The van der Waals surface area contributed by atoms with Crippen molar-refractivity contribution in [3.05, 3.63) is 64.2 Å². The molecule has 1 aliphatic rings. The third-order valence-electron chi connectivity index (χ3n) is 4.38.